The van der Waals surface area contributed by atoms with E-state index in [1.54, 1.807) is 24.8 Å². The predicted molar refractivity (Wildman–Crippen MR) is 78.6 cm³/mol. The quantitative estimate of drug-likeness (QED) is 0.613. The second-order valence-corrected chi connectivity index (χ2v) is 6.72. The molecular weight excluding hydrogens is 262 g/mol. The Labute approximate surface area is 119 Å². The second kappa shape index (κ2) is 4.79. The number of hydrogen-bond acceptors (Lipinski definition) is 3. The van der Waals surface area contributed by atoms with Crippen LogP contribution in [0.15, 0.2) is 17.0 Å². The first-order valence-corrected chi connectivity index (χ1v) is 7.61. The van der Waals surface area contributed by atoms with E-state index in [0.29, 0.717) is 5.56 Å². The van der Waals surface area contributed by atoms with Gasteiger partial charge in [0.15, 0.2) is 0 Å². The molecule has 0 bridgehead atoms. The molecule has 104 valence electrons. The minimum Gasteiger partial charge on any atom is -0.399 e. The van der Waals surface area contributed by atoms with E-state index in [2.05, 4.69) is 0 Å². The van der Waals surface area contributed by atoms with Crippen LogP contribution in [0.5, 0.6) is 0 Å². The first kappa shape index (κ1) is 14.9. The van der Waals surface area contributed by atoms with Gasteiger partial charge in [0.2, 0.25) is 0 Å². The van der Waals surface area contributed by atoms with Crippen LogP contribution in [0.2, 0.25) is 0 Å². The fraction of sp³-hybridized carbons (Fsp3) is 0.571. The maximum absolute atomic E-state index is 13.8. The molecule has 2 nitrogen and oxygen atoms in total. The van der Waals surface area contributed by atoms with Crippen molar-refractivity contribution in [2.45, 2.75) is 50.7 Å². The second-order valence-electron chi connectivity index (χ2n) is 5.88. The maximum Gasteiger partial charge on any atom is 0.496 e. The lowest BCUT2D eigenvalue weighted by Gasteiger charge is -2.32. The van der Waals surface area contributed by atoms with Crippen LogP contribution in [0, 0.1) is 12.7 Å². The van der Waals surface area contributed by atoms with Crippen molar-refractivity contribution >= 4 is 24.3 Å². The van der Waals surface area contributed by atoms with Gasteiger partial charge in [0.05, 0.1) is 11.2 Å². The number of halogens is 1. The van der Waals surface area contributed by atoms with Crippen LogP contribution in [0.25, 0.3) is 0 Å². The van der Waals surface area contributed by atoms with E-state index < -0.39 is 18.3 Å². The minimum absolute atomic E-state index is 0.220. The Balaban J connectivity index is 2.47. The molecule has 0 aromatic heterocycles. The highest BCUT2D eigenvalue weighted by molar-refractivity contribution is 7.98. The highest BCUT2D eigenvalue weighted by Gasteiger charge is 2.52. The fourth-order valence-corrected chi connectivity index (χ4v) is 2.78. The largest absolute Gasteiger partial charge is 0.496 e. The number of rotatable bonds is 2. The molecule has 1 aliphatic heterocycles. The van der Waals surface area contributed by atoms with Crippen molar-refractivity contribution in [3.63, 3.8) is 0 Å². The summed E-state index contributed by atoms with van der Waals surface area (Å²) in [6, 6.07) is 3.28. The Bertz CT molecular complexity index is 486. The molecule has 1 aromatic carbocycles. The predicted octanol–water partition coefficient (Wildman–Crippen LogP) is 3.16. The lowest BCUT2D eigenvalue weighted by Crippen LogP contribution is -2.41. The van der Waals surface area contributed by atoms with Crippen molar-refractivity contribution in [1.82, 2.24) is 0 Å². The third-order valence-corrected chi connectivity index (χ3v) is 4.91. The Kier molecular flexibility index (Phi) is 3.76. The summed E-state index contributed by atoms with van der Waals surface area (Å²) in [4.78, 5) is 0.998. The van der Waals surface area contributed by atoms with Gasteiger partial charge < -0.3 is 9.31 Å². The first-order chi connectivity index (χ1) is 8.69. The third-order valence-electron chi connectivity index (χ3n) is 4.12. The van der Waals surface area contributed by atoms with Crippen molar-refractivity contribution in [3.8, 4) is 0 Å². The van der Waals surface area contributed by atoms with E-state index in [-0.39, 0.29) is 5.82 Å². The molecule has 5 heteroatoms. The fourth-order valence-electron chi connectivity index (χ4n) is 2.11. The zero-order valence-corrected chi connectivity index (χ0v) is 13.2. The average molecular weight is 282 g/mol. The van der Waals surface area contributed by atoms with Gasteiger partial charge >= 0.3 is 7.12 Å². The molecule has 1 aromatic rings. The highest BCUT2D eigenvalue weighted by Crippen LogP contribution is 2.37. The zero-order chi connectivity index (χ0) is 14.4. The van der Waals surface area contributed by atoms with Crippen LogP contribution in [-0.2, 0) is 9.31 Å². The molecule has 0 N–H and O–H groups in total. The van der Waals surface area contributed by atoms with Gasteiger partial charge in [0.25, 0.3) is 0 Å². The molecular formula is C14H20BFO2S. The monoisotopic (exact) mass is 282 g/mol. The van der Waals surface area contributed by atoms with Crippen LogP contribution < -0.4 is 5.46 Å². The summed E-state index contributed by atoms with van der Waals surface area (Å²) >= 11 is 1.58. The van der Waals surface area contributed by atoms with Crippen molar-refractivity contribution in [3.05, 3.63) is 23.5 Å². The van der Waals surface area contributed by atoms with Crippen molar-refractivity contribution in [2.24, 2.45) is 0 Å². The summed E-state index contributed by atoms with van der Waals surface area (Å²) in [5.41, 5.74) is 0.592. The Morgan fingerprint density at radius 3 is 2.11 bits per heavy atom. The SMILES string of the molecule is CSc1ccc(F)c(C)c1B1OC(C)(C)C(C)(C)O1. The molecule has 1 aliphatic rings. The maximum atomic E-state index is 13.8. The van der Waals surface area contributed by atoms with Crippen LogP contribution >= 0.6 is 11.8 Å². The normalized spacial score (nSPS) is 20.9. The molecule has 0 atom stereocenters. The lowest BCUT2D eigenvalue weighted by molar-refractivity contribution is 0.00578. The number of thioether (sulfide) groups is 1. The van der Waals surface area contributed by atoms with Crippen LogP contribution in [-0.4, -0.2) is 24.6 Å². The van der Waals surface area contributed by atoms with Crippen molar-refractivity contribution in [1.29, 1.82) is 0 Å². The van der Waals surface area contributed by atoms with Gasteiger partial charge in [-0.3, -0.25) is 0 Å². The van der Waals surface area contributed by atoms with E-state index in [1.165, 1.54) is 6.07 Å². The summed E-state index contributed by atoms with van der Waals surface area (Å²) in [5.74, 6) is -0.220. The molecule has 0 saturated carbocycles. The minimum atomic E-state index is -0.511. The Hall–Kier alpha value is -0.515. The summed E-state index contributed by atoms with van der Waals surface area (Å²) < 4.78 is 25.9. The molecule has 2 rings (SSSR count). The summed E-state index contributed by atoms with van der Waals surface area (Å²) in [6.45, 7) is 9.77. The van der Waals surface area contributed by atoms with Gasteiger partial charge in [-0.25, -0.2) is 4.39 Å². The van der Waals surface area contributed by atoms with Gasteiger partial charge in [-0.05, 0) is 58.6 Å². The molecule has 1 saturated heterocycles. The van der Waals surface area contributed by atoms with E-state index in [1.807, 2.05) is 34.0 Å². The van der Waals surface area contributed by atoms with E-state index in [4.69, 9.17) is 9.31 Å². The molecule has 1 heterocycles. The standard InChI is InChI=1S/C14H20BFO2S/c1-9-10(16)7-8-11(19-6)12(9)15-17-13(2,3)14(4,5)18-15/h7-8H,1-6H3. The van der Waals surface area contributed by atoms with E-state index in [0.717, 1.165) is 10.4 Å². The van der Waals surface area contributed by atoms with Crippen molar-refractivity contribution in [2.75, 3.05) is 6.26 Å². The van der Waals surface area contributed by atoms with Gasteiger partial charge in [0, 0.05) is 10.4 Å². The topological polar surface area (TPSA) is 18.5 Å². The Morgan fingerprint density at radius 1 is 1.11 bits per heavy atom. The van der Waals surface area contributed by atoms with Gasteiger partial charge in [-0.2, -0.15) is 0 Å². The summed E-state index contributed by atoms with van der Waals surface area (Å²) in [6.07, 6.45) is 1.97. The average Bonchev–Trinajstić information content (AvgIpc) is 2.51. The third kappa shape index (κ3) is 2.44. The molecule has 0 aliphatic carbocycles. The zero-order valence-electron chi connectivity index (χ0n) is 12.3. The summed E-state index contributed by atoms with van der Waals surface area (Å²) in [7, 11) is -0.511. The van der Waals surface area contributed by atoms with Gasteiger partial charge in [-0.1, -0.05) is 0 Å². The smallest absolute Gasteiger partial charge is 0.399 e. The van der Waals surface area contributed by atoms with Gasteiger partial charge in [-0.15, -0.1) is 11.8 Å². The molecule has 0 unspecified atom stereocenters. The molecule has 1 fully saturated rings. The van der Waals surface area contributed by atoms with Gasteiger partial charge in [0.1, 0.15) is 5.82 Å². The van der Waals surface area contributed by atoms with Crippen LogP contribution in [0.4, 0.5) is 4.39 Å². The van der Waals surface area contributed by atoms with Crippen LogP contribution in [0.1, 0.15) is 33.3 Å². The summed E-state index contributed by atoms with van der Waals surface area (Å²) in [5, 5.41) is 0. The highest BCUT2D eigenvalue weighted by atomic mass is 32.2. The number of benzene rings is 1. The van der Waals surface area contributed by atoms with Crippen molar-refractivity contribution < 1.29 is 13.7 Å². The lowest BCUT2D eigenvalue weighted by atomic mass is 9.76. The molecule has 0 radical (unpaired) electrons. The molecule has 0 spiro atoms. The van der Waals surface area contributed by atoms with E-state index in [9.17, 15) is 4.39 Å². The number of hydrogen-bond donors (Lipinski definition) is 0. The van der Waals surface area contributed by atoms with E-state index >= 15 is 0 Å². The molecule has 0 amide bonds. The molecule has 19 heavy (non-hydrogen) atoms. The Morgan fingerprint density at radius 2 is 1.63 bits per heavy atom. The van der Waals surface area contributed by atoms with Crippen LogP contribution in [0.3, 0.4) is 0 Å². The first-order valence-electron chi connectivity index (χ1n) is 6.38.